The largest absolute Gasteiger partial charge is 0.395 e. The molecule has 1 heterocycles. The van der Waals surface area contributed by atoms with E-state index in [-0.39, 0.29) is 12.6 Å². The molecule has 0 spiro atoms. The van der Waals surface area contributed by atoms with Crippen LogP contribution in [0.1, 0.15) is 39.5 Å². The number of nitrogens with one attached hydrogen (secondary N) is 1. The van der Waals surface area contributed by atoms with Crippen molar-refractivity contribution in [1.82, 2.24) is 10.2 Å². The van der Waals surface area contributed by atoms with Crippen molar-refractivity contribution in [2.75, 3.05) is 32.8 Å². The highest BCUT2D eigenvalue weighted by molar-refractivity contribution is 4.74. The van der Waals surface area contributed by atoms with Crippen LogP contribution in [0.25, 0.3) is 0 Å². The smallest absolute Gasteiger partial charge is 0.0597 e. The molecule has 0 amide bonds. The van der Waals surface area contributed by atoms with Gasteiger partial charge in [0.2, 0.25) is 0 Å². The molecule has 96 valence electrons. The second kappa shape index (κ2) is 8.04. The molecule has 0 radical (unpaired) electrons. The fourth-order valence-corrected chi connectivity index (χ4v) is 2.35. The zero-order chi connectivity index (χ0) is 11.8. The lowest BCUT2D eigenvalue weighted by Crippen LogP contribution is -2.44. The van der Waals surface area contributed by atoms with Gasteiger partial charge >= 0.3 is 0 Å². The van der Waals surface area contributed by atoms with E-state index in [4.69, 9.17) is 0 Å². The van der Waals surface area contributed by atoms with Gasteiger partial charge in [-0.25, -0.2) is 0 Å². The minimum absolute atomic E-state index is 0.256. The van der Waals surface area contributed by atoms with E-state index in [1.54, 1.807) is 0 Å². The average Bonchev–Trinajstić information content (AvgIpc) is 2.49. The highest BCUT2D eigenvalue weighted by atomic mass is 16.3. The van der Waals surface area contributed by atoms with Crippen LogP contribution in [0.5, 0.6) is 0 Å². The van der Waals surface area contributed by atoms with Crippen molar-refractivity contribution in [2.24, 2.45) is 5.92 Å². The summed E-state index contributed by atoms with van der Waals surface area (Å²) in [5, 5.41) is 12.7. The van der Waals surface area contributed by atoms with Gasteiger partial charge in [0.1, 0.15) is 0 Å². The van der Waals surface area contributed by atoms with E-state index in [0.717, 1.165) is 25.4 Å². The van der Waals surface area contributed by atoms with Crippen molar-refractivity contribution in [3.63, 3.8) is 0 Å². The molecule has 0 aliphatic carbocycles. The summed E-state index contributed by atoms with van der Waals surface area (Å²) in [6.07, 6.45) is 5.12. The molecule has 1 aliphatic heterocycles. The maximum atomic E-state index is 9.32. The van der Waals surface area contributed by atoms with Crippen molar-refractivity contribution in [3.05, 3.63) is 0 Å². The Balaban J connectivity index is 2.27. The summed E-state index contributed by atoms with van der Waals surface area (Å²) in [7, 11) is 0. The van der Waals surface area contributed by atoms with E-state index in [2.05, 4.69) is 24.1 Å². The van der Waals surface area contributed by atoms with Crippen molar-refractivity contribution < 1.29 is 5.11 Å². The monoisotopic (exact) mass is 228 g/mol. The fourth-order valence-electron chi connectivity index (χ4n) is 2.35. The van der Waals surface area contributed by atoms with Crippen LogP contribution in [-0.4, -0.2) is 48.8 Å². The van der Waals surface area contributed by atoms with Gasteiger partial charge in [-0.2, -0.15) is 0 Å². The third-order valence-electron chi connectivity index (χ3n) is 3.49. The van der Waals surface area contributed by atoms with E-state index in [1.807, 2.05) is 0 Å². The first-order chi connectivity index (χ1) is 7.76. The first kappa shape index (κ1) is 13.9. The molecule has 3 heteroatoms. The Morgan fingerprint density at radius 3 is 2.88 bits per heavy atom. The van der Waals surface area contributed by atoms with E-state index < -0.39 is 0 Å². The third-order valence-corrected chi connectivity index (χ3v) is 3.49. The van der Waals surface area contributed by atoms with E-state index in [9.17, 15) is 5.11 Å². The highest BCUT2D eigenvalue weighted by Gasteiger charge is 2.16. The number of aliphatic hydroxyl groups is 1. The summed E-state index contributed by atoms with van der Waals surface area (Å²) < 4.78 is 0. The maximum Gasteiger partial charge on any atom is 0.0597 e. The maximum absolute atomic E-state index is 9.32. The Morgan fingerprint density at radius 2 is 2.19 bits per heavy atom. The quantitative estimate of drug-likeness (QED) is 0.722. The Kier molecular flexibility index (Phi) is 7.01. The van der Waals surface area contributed by atoms with Crippen LogP contribution in [0.4, 0.5) is 0 Å². The molecule has 1 aliphatic rings. The molecule has 3 nitrogen and oxygen atoms in total. The van der Waals surface area contributed by atoms with Crippen molar-refractivity contribution in [2.45, 2.75) is 45.6 Å². The van der Waals surface area contributed by atoms with Crippen LogP contribution < -0.4 is 5.32 Å². The lowest BCUT2D eigenvalue weighted by Gasteiger charge is -2.25. The van der Waals surface area contributed by atoms with Gasteiger partial charge in [-0.1, -0.05) is 13.8 Å². The number of likely N-dealkylation sites (tertiary alicyclic amines) is 1. The Morgan fingerprint density at radius 1 is 1.38 bits per heavy atom. The molecule has 2 atom stereocenters. The molecule has 1 saturated heterocycles. The summed E-state index contributed by atoms with van der Waals surface area (Å²) in [5.74, 6) is 0.876. The topological polar surface area (TPSA) is 35.5 Å². The summed E-state index contributed by atoms with van der Waals surface area (Å²) in [6, 6.07) is 0.258. The first-order valence-corrected chi connectivity index (χ1v) is 6.82. The molecule has 2 N–H and O–H groups in total. The van der Waals surface area contributed by atoms with Crippen LogP contribution in [0.15, 0.2) is 0 Å². The standard InChI is InChI=1S/C13H28N2O/c1-3-7-14-13(11-16)10-15-8-4-5-12(2)6-9-15/h12-14,16H,3-11H2,1-2H3. The molecule has 0 aromatic rings. The van der Waals surface area contributed by atoms with Gasteiger partial charge < -0.3 is 15.3 Å². The molecule has 0 saturated carbocycles. The van der Waals surface area contributed by atoms with Crippen molar-refractivity contribution in [3.8, 4) is 0 Å². The van der Waals surface area contributed by atoms with Gasteiger partial charge in [-0.15, -0.1) is 0 Å². The van der Waals surface area contributed by atoms with Gasteiger partial charge in [0.25, 0.3) is 0 Å². The summed E-state index contributed by atoms with van der Waals surface area (Å²) in [4.78, 5) is 2.51. The summed E-state index contributed by atoms with van der Waals surface area (Å²) >= 11 is 0. The zero-order valence-electron chi connectivity index (χ0n) is 10.9. The van der Waals surface area contributed by atoms with Crippen molar-refractivity contribution in [1.29, 1.82) is 0 Å². The average molecular weight is 228 g/mol. The zero-order valence-corrected chi connectivity index (χ0v) is 10.9. The summed E-state index contributed by atoms with van der Waals surface area (Å²) in [6.45, 7) is 9.18. The van der Waals surface area contributed by atoms with Gasteiger partial charge in [0.05, 0.1) is 6.61 Å². The molecular formula is C13H28N2O. The van der Waals surface area contributed by atoms with Crippen LogP contribution in [0.2, 0.25) is 0 Å². The Labute approximate surface area is 100 Å². The molecule has 1 rings (SSSR count). The lowest BCUT2D eigenvalue weighted by molar-refractivity contribution is 0.183. The minimum Gasteiger partial charge on any atom is -0.395 e. The first-order valence-electron chi connectivity index (χ1n) is 6.82. The van der Waals surface area contributed by atoms with Gasteiger partial charge in [-0.3, -0.25) is 0 Å². The van der Waals surface area contributed by atoms with Crippen LogP contribution in [0.3, 0.4) is 0 Å². The Hall–Kier alpha value is -0.120. The number of hydrogen-bond donors (Lipinski definition) is 2. The number of aliphatic hydroxyl groups excluding tert-OH is 1. The number of nitrogens with zero attached hydrogens (tertiary/aromatic N) is 1. The van der Waals surface area contributed by atoms with Crippen LogP contribution in [0, 0.1) is 5.92 Å². The van der Waals surface area contributed by atoms with E-state index >= 15 is 0 Å². The lowest BCUT2D eigenvalue weighted by atomic mass is 10.0. The van der Waals surface area contributed by atoms with Crippen LogP contribution in [-0.2, 0) is 0 Å². The van der Waals surface area contributed by atoms with Gasteiger partial charge in [0.15, 0.2) is 0 Å². The number of rotatable bonds is 6. The van der Waals surface area contributed by atoms with Crippen LogP contribution >= 0.6 is 0 Å². The second-order valence-electron chi connectivity index (χ2n) is 5.17. The Bertz CT molecular complexity index is 175. The molecule has 0 aromatic carbocycles. The van der Waals surface area contributed by atoms with E-state index in [1.165, 1.54) is 32.4 Å². The molecule has 0 aromatic heterocycles. The SMILES string of the molecule is CCCNC(CO)CN1CCCC(C)CC1. The molecule has 16 heavy (non-hydrogen) atoms. The minimum atomic E-state index is 0.256. The summed E-state index contributed by atoms with van der Waals surface area (Å²) in [5.41, 5.74) is 0. The van der Waals surface area contributed by atoms with E-state index in [0.29, 0.717) is 0 Å². The van der Waals surface area contributed by atoms with Crippen molar-refractivity contribution >= 4 is 0 Å². The third kappa shape index (κ3) is 5.28. The predicted molar refractivity (Wildman–Crippen MR) is 68.6 cm³/mol. The molecule has 2 unspecified atom stereocenters. The molecular weight excluding hydrogens is 200 g/mol. The van der Waals surface area contributed by atoms with Gasteiger partial charge in [-0.05, 0) is 51.2 Å². The van der Waals surface area contributed by atoms with Gasteiger partial charge in [0, 0.05) is 12.6 Å². The predicted octanol–water partition coefficient (Wildman–Crippen LogP) is 1.47. The number of hydrogen-bond acceptors (Lipinski definition) is 3. The normalized spacial score (nSPS) is 25.3. The molecule has 0 bridgehead atoms. The highest BCUT2D eigenvalue weighted by Crippen LogP contribution is 2.16. The molecule has 1 fully saturated rings. The second-order valence-corrected chi connectivity index (χ2v) is 5.17. The fraction of sp³-hybridized carbons (Fsp3) is 1.00.